The fourth-order valence-corrected chi connectivity index (χ4v) is 6.04. The lowest BCUT2D eigenvalue weighted by Gasteiger charge is -2.17. The molecule has 1 atom stereocenters. The summed E-state index contributed by atoms with van der Waals surface area (Å²) in [5, 5.41) is 17.2. The molecule has 2 aromatic heterocycles. The van der Waals surface area contributed by atoms with Crippen molar-refractivity contribution < 1.29 is 27.9 Å². The Balaban J connectivity index is 1.54. The number of nitrogens with zero attached hydrogens (tertiary/aromatic N) is 4. The smallest absolute Gasteiger partial charge is 0.305 e. The molecule has 230 valence electrons. The second-order valence-corrected chi connectivity index (χ2v) is 12.1. The molecule has 4 rings (SSSR count). The van der Waals surface area contributed by atoms with E-state index in [1.165, 1.54) is 18.5 Å². The molecule has 3 N–H and O–H groups in total. The Morgan fingerprint density at radius 3 is 2.43 bits per heavy atom. The molecule has 0 aliphatic rings. The van der Waals surface area contributed by atoms with Crippen LogP contribution in [-0.2, 0) is 39.0 Å². The molecule has 4 aromatic rings. The maximum Gasteiger partial charge on any atom is 0.305 e. The first-order chi connectivity index (χ1) is 21.0. The van der Waals surface area contributed by atoms with E-state index < -0.39 is 33.8 Å². The molecule has 2 amide bonds. The number of aryl methyl sites for hydroxylation is 1. The highest BCUT2D eigenvalue weighted by Gasteiger charge is 2.23. The summed E-state index contributed by atoms with van der Waals surface area (Å²) in [6.45, 7) is 3.28. The third-order valence-corrected chi connectivity index (χ3v) is 8.39. The topological polar surface area (TPSA) is 173 Å². The second kappa shape index (κ2) is 14.2. The molecule has 0 bridgehead atoms. The third-order valence-electron chi connectivity index (χ3n) is 6.53. The number of hydrogen-bond acceptors (Lipinski definition) is 8. The standard InChI is InChI=1S/C30H31ClN6O6S/c1-3-8-23-15-26(30(41)34-21(14-29(39)40)13-20-9-4-6-11-25(20)31)35-37(23)18-22-16-33-27(17-32-22)24-10-5-7-12-28(24)44(42,43)36-19(2)38/h4-7,9-12,15-17,21H,3,8,13-14,18H2,1-2H3,(H,34,41)(H,36,38)(H,39,40)/t21-/m1/s1. The fraction of sp³-hybridized carbons (Fsp3) is 0.267. The predicted octanol–water partition coefficient (Wildman–Crippen LogP) is 3.63. The largest absolute Gasteiger partial charge is 0.481 e. The summed E-state index contributed by atoms with van der Waals surface area (Å²) in [5.74, 6) is -2.29. The van der Waals surface area contributed by atoms with E-state index in [1.54, 1.807) is 53.2 Å². The van der Waals surface area contributed by atoms with Gasteiger partial charge in [0.2, 0.25) is 5.91 Å². The van der Waals surface area contributed by atoms with E-state index in [0.29, 0.717) is 17.1 Å². The van der Waals surface area contributed by atoms with Crippen LogP contribution >= 0.6 is 11.6 Å². The van der Waals surface area contributed by atoms with Crippen molar-refractivity contribution in [3.63, 3.8) is 0 Å². The van der Waals surface area contributed by atoms with Gasteiger partial charge in [0.15, 0.2) is 0 Å². The Morgan fingerprint density at radius 1 is 1.05 bits per heavy atom. The Bertz CT molecular complexity index is 1770. The van der Waals surface area contributed by atoms with Crippen molar-refractivity contribution in [2.75, 3.05) is 0 Å². The van der Waals surface area contributed by atoms with Crippen molar-refractivity contribution in [2.45, 2.75) is 57.0 Å². The van der Waals surface area contributed by atoms with Crippen LogP contribution in [0.5, 0.6) is 0 Å². The summed E-state index contributed by atoms with van der Waals surface area (Å²) >= 11 is 6.26. The molecule has 14 heteroatoms. The molecule has 0 fully saturated rings. The fourth-order valence-electron chi connectivity index (χ4n) is 4.62. The van der Waals surface area contributed by atoms with Crippen molar-refractivity contribution in [3.8, 4) is 11.3 Å². The van der Waals surface area contributed by atoms with Gasteiger partial charge in [0, 0.05) is 29.2 Å². The Morgan fingerprint density at radius 2 is 1.77 bits per heavy atom. The highest BCUT2D eigenvalue weighted by Crippen LogP contribution is 2.25. The van der Waals surface area contributed by atoms with E-state index in [1.807, 2.05) is 11.6 Å². The summed E-state index contributed by atoms with van der Waals surface area (Å²) in [6, 6.07) is 14.1. The predicted molar refractivity (Wildman–Crippen MR) is 162 cm³/mol. The molecular weight excluding hydrogens is 608 g/mol. The van der Waals surface area contributed by atoms with Crippen molar-refractivity contribution in [1.29, 1.82) is 0 Å². The number of aromatic nitrogens is 4. The maximum absolute atomic E-state index is 13.2. The van der Waals surface area contributed by atoms with Gasteiger partial charge >= 0.3 is 5.97 Å². The number of amides is 2. The number of nitrogens with one attached hydrogen (secondary N) is 2. The van der Waals surface area contributed by atoms with Gasteiger partial charge in [-0.15, -0.1) is 0 Å². The summed E-state index contributed by atoms with van der Waals surface area (Å²) in [4.78, 5) is 44.9. The monoisotopic (exact) mass is 638 g/mol. The number of carbonyl (C=O) groups excluding carboxylic acids is 2. The van der Waals surface area contributed by atoms with Crippen LogP contribution in [0.2, 0.25) is 5.02 Å². The van der Waals surface area contributed by atoms with Crippen LogP contribution in [-0.4, -0.2) is 57.1 Å². The van der Waals surface area contributed by atoms with Gasteiger partial charge in [-0.25, -0.2) is 13.1 Å². The first-order valence-corrected chi connectivity index (χ1v) is 15.6. The molecule has 12 nitrogen and oxygen atoms in total. The Hall–Kier alpha value is -4.62. The van der Waals surface area contributed by atoms with Gasteiger partial charge in [-0.1, -0.05) is 61.3 Å². The molecule has 0 saturated heterocycles. The average molecular weight is 639 g/mol. The van der Waals surface area contributed by atoms with Crippen LogP contribution in [0.15, 0.2) is 71.9 Å². The minimum Gasteiger partial charge on any atom is -0.481 e. The van der Waals surface area contributed by atoms with E-state index in [0.717, 1.165) is 24.6 Å². The SMILES string of the molecule is CCCc1cc(C(=O)N[C@@H](CC(=O)O)Cc2ccccc2Cl)nn1Cc1cnc(-c2ccccc2S(=O)(=O)NC(C)=O)cn1. The zero-order valence-corrected chi connectivity index (χ0v) is 25.6. The van der Waals surface area contributed by atoms with E-state index >= 15 is 0 Å². The lowest BCUT2D eigenvalue weighted by Crippen LogP contribution is -2.38. The summed E-state index contributed by atoms with van der Waals surface area (Å²) < 4.78 is 28.9. The van der Waals surface area contributed by atoms with Gasteiger partial charge in [-0.05, 0) is 36.6 Å². The highest BCUT2D eigenvalue weighted by molar-refractivity contribution is 7.90. The highest BCUT2D eigenvalue weighted by atomic mass is 35.5. The third kappa shape index (κ3) is 8.26. The first kappa shape index (κ1) is 32.3. The maximum atomic E-state index is 13.2. The van der Waals surface area contributed by atoms with Crippen LogP contribution in [0, 0.1) is 0 Å². The number of sulfonamides is 1. The number of hydrogen-bond donors (Lipinski definition) is 3. The van der Waals surface area contributed by atoms with Gasteiger partial charge < -0.3 is 10.4 Å². The molecule has 2 heterocycles. The lowest BCUT2D eigenvalue weighted by atomic mass is 10.0. The summed E-state index contributed by atoms with van der Waals surface area (Å²) in [7, 11) is -4.11. The number of halogens is 1. The average Bonchev–Trinajstić information content (AvgIpc) is 3.36. The zero-order chi connectivity index (χ0) is 31.9. The van der Waals surface area contributed by atoms with Crippen molar-refractivity contribution in [3.05, 3.63) is 94.7 Å². The van der Waals surface area contributed by atoms with Gasteiger partial charge in [0.05, 0.1) is 41.6 Å². The quantitative estimate of drug-likeness (QED) is 0.198. The molecule has 2 aromatic carbocycles. The molecule has 0 spiro atoms. The van der Waals surface area contributed by atoms with Crippen molar-refractivity contribution in [2.24, 2.45) is 0 Å². The molecule has 0 aliphatic carbocycles. The summed E-state index contributed by atoms with van der Waals surface area (Å²) in [5.41, 5.74) is 2.69. The number of carboxylic acid groups (broad SMARTS) is 1. The second-order valence-electron chi connectivity index (χ2n) is 10.0. The van der Waals surface area contributed by atoms with Gasteiger partial charge in [0.1, 0.15) is 5.69 Å². The Kier molecular flexibility index (Phi) is 10.4. The first-order valence-electron chi connectivity index (χ1n) is 13.7. The van der Waals surface area contributed by atoms with E-state index in [-0.39, 0.29) is 41.2 Å². The van der Waals surface area contributed by atoms with Crippen LogP contribution in [0.1, 0.15) is 54.1 Å². The normalized spacial score (nSPS) is 12.0. The number of aliphatic carboxylic acids is 1. The Labute approximate surface area is 259 Å². The van der Waals surface area contributed by atoms with E-state index in [9.17, 15) is 27.9 Å². The summed E-state index contributed by atoms with van der Waals surface area (Å²) in [6.07, 6.45) is 4.26. The molecular formula is C30H31ClN6O6S. The zero-order valence-electron chi connectivity index (χ0n) is 24.0. The molecule has 0 saturated carbocycles. The minimum absolute atomic E-state index is 0.110. The van der Waals surface area contributed by atoms with Crippen LogP contribution in [0.3, 0.4) is 0 Å². The van der Waals surface area contributed by atoms with Crippen molar-refractivity contribution in [1.82, 2.24) is 29.8 Å². The van der Waals surface area contributed by atoms with Gasteiger partial charge in [0.25, 0.3) is 15.9 Å². The minimum atomic E-state index is -4.11. The molecule has 44 heavy (non-hydrogen) atoms. The number of carboxylic acids is 1. The molecule has 0 radical (unpaired) electrons. The van der Waals surface area contributed by atoms with Crippen molar-refractivity contribution >= 4 is 39.4 Å². The van der Waals surface area contributed by atoms with Gasteiger partial charge in [-0.2, -0.15) is 5.10 Å². The lowest BCUT2D eigenvalue weighted by molar-refractivity contribution is -0.137. The van der Waals surface area contributed by atoms with Crippen LogP contribution in [0.4, 0.5) is 0 Å². The van der Waals surface area contributed by atoms with Crippen LogP contribution in [0.25, 0.3) is 11.3 Å². The van der Waals surface area contributed by atoms with E-state index in [2.05, 4.69) is 20.4 Å². The number of carbonyl (C=O) groups is 3. The van der Waals surface area contributed by atoms with E-state index in [4.69, 9.17) is 11.6 Å². The number of benzene rings is 2. The molecule has 0 unspecified atom stereocenters. The van der Waals surface area contributed by atoms with Crippen LogP contribution < -0.4 is 10.0 Å². The van der Waals surface area contributed by atoms with Gasteiger partial charge in [-0.3, -0.25) is 29.0 Å². The number of rotatable bonds is 13. The molecule has 0 aliphatic heterocycles.